The highest BCUT2D eigenvalue weighted by Gasteiger charge is 2.22. The van der Waals surface area contributed by atoms with Crippen molar-refractivity contribution in [3.05, 3.63) is 12.0 Å². The third-order valence-corrected chi connectivity index (χ3v) is 3.24. The Hall–Kier alpha value is -0.740. The largest absolute Gasteiger partial charge is 0.432 e. The Morgan fingerprint density at radius 2 is 2.31 bits per heavy atom. The third kappa shape index (κ3) is 2.68. The summed E-state index contributed by atoms with van der Waals surface area (Å²) in [5, 5.41) is 0. The van der Waals surface area contributed by atoms with Crippen LogP contribution in [0.4, 0.5) is 6.01 Å². The Bertz CT molecular complexity index is 322. The third-order valence-electron chi connectivity index (χ3n) is 2.96. The first-order valence-corrected chi connectivity index (χ1v) is 6.11. The SMILES string of the molecule is COCC1CCN(c2nc(CCl)co2)CC1. The van der Waals surface area contributed by atoms with Gasteiger partial charge in [-0.3, -0.25) is 0 Å². The molecule has 0 amide bonds. The zero-order valence-corrected chi connectivity index (χ0v) is 10.2. The van der Waals surface area contributed by atoms with Crippen molar-refractivity contribution in [1.29, 1.82) is 0 Å². The molecular formula is C11H17ClN2O2. The van der Waals surface area contributed by atoms with E-state index in [1.54, 1.807) is 13.4 Å². The molecule has 4 nitrogen and oxygen atoms in total. The van der Waals surface area contributed by atoms with Crippen LogP contribution in [-0.4, -0.2) is 31.8 Å². The van der Waals surface area contributed by atoms with Gasteiger partial charge in [-0.15, -0.1) is 11.6 Å². The molecule has 1 aliphatic rings. The number of oxazole rings is 1. The molecule has 2 heterocycles. The van der Waals surface area contributed by atoms with Crippen molar-refractivity contribution in [2.45, 2.75) is 18.7 Å². The average molecular weight is 245 g/mol. The maximum absolute atomic E-state index is 5.69. The zero-order chi connectivity index (χ0) is 11.4. The Kier molecular flexibility index (Phi) is 4.07. The molecule has 0 atom stereocenters. The molecule has 1 aromatic rings. The van der Waals surface area contributed by atoms with Crippen LogP contribution in [0.2, 0.25) is 0 Å². The van der Waals surface area contributed by atoms with Crippen LogP contribution in [0.5, 0.6) is 0 Å². The van der Waals surface area contributed by atoms with Crippen molar-refractivity contribution in [2.24, 2.45) is 5.92 Å². The lowest BCUT2D eigenvalue weighted by Gasteiger charge is -2.30. The Morgan fingerprint density at radius 1 is 1.56 bits per heavy atom. The number of anilines is 1. The first-order chi connectivity index (χ1) is 7.83. The monoisotopic (exact) mass is 244 g/mol. The van der Waals surface area contributed by atoms with E-state index in [0.717, 1.165) is 38.2 Å². The molecule has 0 N–H and O–H groups in total. The van der Waals surface area contributed by atoms with Gasteiger partial charge in [0.2, 0.25) is 0 Å². The van der Waals surface area contributed by atoms with Crippen LogP contribution in [0.1, 0.15) is 18.5 Å². The predicted octanol–water partition coefficient (Wildman–Crippen LogP) is 2.28. The Morgan fingerprint density at radius 3 is 2.88 bits per heavy atom. The number of hydrogen-bond donors (Lipinski definition) is 0. The molecule has 5 heteroatoms. The van der Waals surface area contributed by atoms with Crippen LogP contribution in [0.3, 0.4) is 0 Å². The second-order valence-corrected chi connectivity index (χ2v) is 4.41. The Balaban J connectivity index is 1.88. The smallest absolute Gasteiger partial charge is 0.297 e. The number of ether oxygens (including phenoxy) is 1. The number of aromatic nitrogens is 1. The topological polar surface area (TPSA) is 38.5 Å². The fourth-order valence-corrected chi connectivity index (χ4v) is 2.15. The van der Waals surface area contributed by atoms with Crippen LogP contribution in [-0.2, 0) is 10.6 Å². The molecule has 2 rings (SSSR count). The van der Waals surface area contributed by atoms with Gasteiger partial charge in [0.15, 0.2) is 0 Å². The molecule has 16 heavy (non-hydrogen) atoms. The summed E-state index contributed by atoms with van der Waals surface area (Å²) in [6.07, 6.45) is 3.89. The summed E-state index contributed by atoms with van der Waals surface area (Å²) in [7, 11) is 1.76. The average Bonchev–Trinajstić information content (AvgIpc) is 2.79. The van der Waals surface area contributed by atoms with Crippen molar-refractivity contribution in [1.82, 2.24) is 4.98 Å². The lowest BCUT2D eigenvalue weighted by molar-refractivity contribution is 0.138. The van der Waals surface area contributed by atoms with Crippen molar-refractivity contribution < 1.29 is 9.15 Å². The van der Waals surface area contributed by atoms with Crippen molar-refractivity contribution >= 4 is 17.6 Å². The molecule has 0 saturated carbocycles. The number of rotatable bonds is 4. The normalized spacial score (nSPS) is 18.0. The highest BCUT2D eigenvalue weighted by atomic mass is 35.5. The standard InChI is InChI=1S/C11H17ClN2O2/c1-15-7-9-2-4-14(5-3-9)11-13-10(6-12)8-16-11/h8-9H,2-7H2,1H3. The molecule has 0 aliphatic carbocycles. The highest BCUT2D eigenvalue weighted by molar-refractivity contribution is 6.16. The maximum atomic E-state index is 5.69. The van der Waals surface area contributed by atoms with Crippen LogP contribution >= 0.6 is 11.6 Å². The number of nitrogens with zero attached hydrogens (tertiary/aromatic N) is 2. The minimum atomic E-state index is 0.406. The van der Waals surface area contributed by atoms with Gasteiger partial charge in [0.25, 0.3) is 6.01 Å². The van der Waals surface area contributed by atoms with Crippen LogP contribution in [0.25, 0.3) is 0 Å². The van der Waals surface area contributed by atoms with Crippen LogP contribution in [0.15, 0.2) is 10.7 Å². The molecule has 1 fully saturated rings. The van der Waals surface area contributed by atoms with Gasteiger partial charge in [0.05, 0.1) is 11.6 Å². The summed E-state index contributed by atoms with van der Waals surface area (Å²) in [5.74, 6) is 1.08. The maximum Gasteiger partial charge on any atom is 0.297 e. The van der Waals surface area contributed by atoms with Gasteiger partial charge in [-0.2, -0.15) is 4.98 Å². The zero-order valence-electron chi connectivity index (χ0n) is 9.49. The summed E-state index contributed by atoms with van der Waals surface area (Å²) in [4.78, 5) is 6.49. The molecule has 1 saturated heterocycles. The molecule has 90 valence electrons. The van der Waals surface area contributed by atoms with E-state index in [1.165, 1.54) is 0 Å². The first-order valence-electron chi connectivity index (χ1n) is 5.57. The summed E-state index contributed by atoms with van der Waals surface area (Å²) in [5.41, 5.74) is 0.802. The van der Waals surface area contributed by atoms with Crippen molar-refractivity contribution in [3.8, 4) is 0 Å². The molecule has 0 bridgehead atoms. The molecule has 0 spiro atoms. The molecular weight excluding hydrogens is 228 g/mol. The second-order valence-electron chi connectivity index (χ2n) is 4.14. The lowest BCUT2D eigenvalue weighted by Crippen LogP contribution is -2.35. The predicted molar refractivity (Wildman–Crippen MR) is 62.9 cm³/mol. The van der Waals surface area contributed by atoms with E-state index in [-0.39, 0.29) is 0 Å². The molecule has 0 radical (unpaired) electrons. The fraction of sp³-hybridized carbons (Fsp3) is 0.727. The van der Waals surface area contributed by atoms with E-state index >= 15 is 0 Å². The number of alkyl halides is 1. The van der Waals surface area contributed by atoms with Crippen molar-refractivity contribution in [3.63, 3.8) is 0 Å². The van der Waals surface area contributed by atoms with Gasteiger partial charge in [0, 0.05) is 26.8 Å². The minimum absolute atomic E-state index is 0.406. The molecule has 1 aromatic heterocycles. The van der Waals surface area contributed by atoms with E-state index < -0.39 is 0 Å². The number of piperidine rings is 1. The summed E-state index contributed by atoms with van der Waals surface area (Å²) in [6.45, 7) is 2.82. The van der Waals surface area contributed by atoms with E-state index in [2.05, 4.69) is 9.88 Å². The number of halogens is 1. The first kappa shape index (κ1) is 11.7. The molecule has 1 aliphatic heterocycles. The quantitative estimate of drug-likeness (QED) is 0.762. The second kappa shape index (κ2) is 5.55. The lowest BCUT2D eigenvalue weighted by atomic mass is 9.98. The highest BCUT2D eigenvalue weighted by Crippen LogP contribution is 2.23. The molecule has 0 aromatic carbocycles. The van der Waals surface area contributed by atoms with Gasteiger partial charge in [-0.05, 0) is 18.8 Å². The van der Waals surface area contributed by atoms with E-state index in [9.17, 15) is 0 Å². The number of hydrogen-bond acceptors (Lipinski definition) is 4. The van der Waals surface area contributed by atoms with Gasteiger partial charge < -0.3 is 14.1 Å². The number of methoxy groups -OCH3 is 1. The van der Waals surface area contributed by atoms with Crippen LogP contribution < -0.4 is 4.90 Å². The van der Waals surface area contributed by atoms with Gasteiger partial charge in [-0.1, -0.05) is 0 Å². The Labute approximate surface area is 101 Å². The van der Waals surface area contributed by atoms with Crippen molar-refractivity contribution in [2.75, 3.05) is 31.7 Å². The summed E-state index contributed by atoms with van der Waals surface area (Å²) in [6, 6.07) is 0.700. The summed E-state index contributed by atoms with van der Waals surface area (Å²) >= 11 is 5.69. The van der Waals surface area contributed by atoms with E-state index in [1.807, 2.05) is 0 Å². The van der Waals surface area contributed by atoms with E-state index in [0.29, 0.717) is 17.8 Å². The minimum Gasteiger partial charge on any atom is -0.432 e. The summed E-state index contributed by atoms with van der Waals surface area (Å²) < 4.78 is 10.6. The van der Waals surface area contributed by atoms with Crippen LogP contribution in [0, 0.1) is 5.92 Å². The van der Waals surface area contributed by atoms with Gasteiger partial charge >= 0.3 is 0 Å². The molecule has 0 unspecified atom stereocenters. The van der Waals surface area contributed by atoms with E-state index in [4.69, 9.17) is 20.8 Å². The fourth-order valence-electron chi connectivity index (χ4n) is 2.03. The van der Waals surface area contributed by atoms with Gasteiger partial charge in [-0.25, -0.2) is 0 Å². The van der Waals surface area contributed by atoms with Gasteiger partial charge in [0.1, 0.15) is 6.26 Å².